The van der Waals surface area contributed by atoms with E-state index in [0.29, 0.717) is 18.4 Å². The number of benzene rings is 1. The van der Waals surface area contributed by atoms with Crippen molar-refractivity contribution in [1.82, 2.24) is 0 Å². The standard InChI is InChI=1S/C17H23BN2O5/c19-14-5-9(6-15(14)20)4-12(21)8-11-7-10-2-1-3-13(17(22)23)16(10)25-18(11)24/h1-3,9,11,14-15,24H,4-8,19-20H2,(H,22,23)/t11-,14+,15+/m1/s1. The van der Waals surface area contributed by atoms with Gasteiger partial charge in [-0.05, 0) is 36.8 Å². The molecule has 3 rings (SSSR count). The number of nitrogens with two attached hydrogens (primary N) is 2. The summed E-state index contributed by atoms with van der Waals surface area (Å²) in [6, 6.07) is 4.74. The lowest BCUT2D eigenvalue weighted by Gasteiger charge is -2.28. The second-order valence-corrected chi connectivity index (χ2v) is 7.18. The Morgan fingerprint density at radius 1 is 1.20 bits per heavy atom. The number of Topliss-reactive ketones (excluding diaryl/α,β-unsaturated/α-hetero) is 1. The van der Waals surface area contributed by atoms with Gasteiger partial charge in [-0.25, -0.2) is 4.79 Å². The highest BCUT2D eigenvalue weighted by molar-refractivity contribution is 6.47. The quantitative estimate of drug-likeness (QED) is 0.573. The van der Waals surface area contributed by atoms with Gasteiger partial charge >= 0.3 is 13.1 Å². The van der Waals surface area contributed by atoms with E-state index in [1.54, 1.807) is 12.1 Å². The lowest BCUT2D eigenvalue weighted by Crippen LogP contribution is -2.36. The molecule has 25 heavy (non-hydrogen) atoms. The van der Waals surface area contributed by atoms with E-state index < -0.39 is 13.1 Å². The van der Waals surface area contributed by atoms with Crippen molar-refractivity contribution in [3.8, 4) is 5.75 Å². The molecule has 6 N–H and O–H groups in total. The van der Waals surface area contributed by atoms with E-state index in [1.165, 1.54) is 6.07 Å². The average molecular weight is 346 g/mol. The molecule has 0 radical (unpaired) electrons. The van der Waals surface area contributed by atoms with Crippen molar-refractivity contribution in [3.05, 3.63) is 29.3 Å². The lowest BCUT2D eigenvalue weighted by atomic mass is 9.64. The van der Waals surface area contributed by atoms with E-state index in [-0.39, 0.29) is 47.3 Å². The second kappa shape index (κ2) is 7.15. The van der Waals surface area contributed by atoms with Gasteiger partial charge in [0, 0.05) is 30.7 Å². The molecule has 1 saturated carbocycles. The van der Waals surface area contributed by atoms with E-state index in [4.69, 9.17) is 16.1 Å². The third kappa shape index (κ3) is 3.86. The third-order valence-corrected chi connectivity index (χ3v) is 5.22. The summed E-state index contributed by atoms with van der Waals surface area (Å²) in [7, 11) is -1.19. The topological polar surface area (TPSA) is 136 Å². The summed E-state index contributed by atoms with van der Waals surface area (Å²) in [5.74, 6) is -1.04. The van der Waals surface area contributed by atoms with Crippen molar-refractivity contribution < 1.29 is 24.4 Å². The maximum Gasteiger partial charge on any atom is 0.526 e. The monoisotopic (exact) mass is 346 g/mol. The van der Waals surface area contributed by atoms with Crippen LogP contribution >= 0.6 is 0 Å². The highest BCUT2D eigenvalue weighted by Gasteiger charge is 2.38. The molecule has 1 fully saturated rings. The van der Waals surface area contributed by atoms with Crippen molar-refractivity contribution in [1.29, 1.82) is 0 Å². The molecule has 7 nitrogen and oxygen atoms in total. The van der Waals surface area contributed by atoms with Crippen LogP contribution in [-0.2, 0) is 11.2 Å². The van der Waals surface area contributed by atoms with Crippen LogP contribution in [0.5, 0.6) is 5.75 Å². The summed E-state index contributed by atoms with van der Waals surface area (Å²) in [6.07, 6.45) is 2.52. The molecule has 0 saturated heterocycles. The van der Waals surface area contributed by atoms with Gasteiger partial charge in [0.25, 0.3) is 0 Å². The predicted octanol–water partition coefficient (Wildman–Crippen LogP) is 0.584. The Bertz CT molecular complexity index is 673. The van der Waals surface area contributed by atoms with Crippen molar-refractivity contribution in [3.63, 3.8) is 0 Å². The van der Waals surface area contributed by atoms with Crippen LogP contribution in [0, 0.1) is 5.92 Å². The molecule has 1 aliphatic carbocycles. The van der Waals surface area contributed by atoms with E-state index in [9.17, 15) is 19.7 Å². The maximum atomic E-state index is 12.4. The first-order valence-corrected chi connectivity index (χ1v) is 8.58. The first-order valence-electron chi connectivity index (χ1n) is 8.58. The number of carbonyl (C=O) groups excluding carboxylic acids is 1. The number of fused-ring (bicyclic) bond motifs is 1. The molecule has 0 aromatic heterocycles. The molecule has 2 aliphatic rings. The minimum Gasteiger partial charge on any atom is -0.535 e. The summed E-state index contributed by atoms with van der Waals surface area (Å²) in [5, 5.41) is 19.4. The zero-order chi connectivity index (χ0) is 18.1. The summed E-state index contributed by atoms with van der Waals surface area (Å²) in [5.41, 5.74) is 12.5. The van der Waals surface area contributed by atoms with E-state index in [1.807, 2.05) is 0 Å². The van der Waals surface area contributed by atoms with Crippen LogP contribution in [0.3, 0.4) is 0 Å². The van der Waals surface area contributed by atoms with Crippen molar-refractivity contribution in [2.45, 2.75) is 50.0 Å². The number of carbonyl (C=O) groups is 2. The second-order valence-electron chi connectivity index (χ2n) is 7.18. The number of rotatable bonds is 5. The number of hydrogen-bond donors (Lipinski definition) is 4. The SMILES string of the molecule is N[C@H]1CC(CC(=O)C[C@H]2Cc3cccc(C(=O)O)c3OB2O)C[C@@H]1N. The van der Waals surface area contributed by atoms with Crippen LogP contribution in [0.4, 0.5) is 0 Å². The van der Waals surface area contributed by atoms with Crippen molar-refractivity contribution in [2.24, 2.45) is 17.4 Å². The average Bonchev–Trinajstić information content (AvgIpc) is 2.85. The highest BCUT2D eigenvalue weighted by atomic mass is 16.5. The molecule has 1 aromatic rings. The largest absolute Gasteiger partial charge is 0.535 e. The predicted molar refractivity (Wildman–Crippen MR) is 92.4 cm³/mol. The number of aromatic carboxylic acids is 1. The third-order valence-electron chi connectivity index (χ3n) is 5.22. The summed E-state index contributed by atoms with van der Waals surface area (Å²) < 4.78 is 5.42. The normalized spacial score (nSPS) is 26.2. The van der Waals surface area contributed by atoms with Gasteiger partial charge in [0.2, 0.25) is 0 Å². The van der Waals surface area contributed by atoms with E-state index in [0.717, 1.165) is 12.8 Å². The van der Waals surface area contributed by atoms with Crippen LogP contribution in [-0.4, -0.2) is 41.1 Å². The number of carboxylic acids is 1. The van der Waals surface area contributed by atoms with Gasteiger partial charge < -0.3 is 26.3 Å². The Balaban J connectivity index is 1.63. The number of carboxylic acid groups (broad SMARTS) is 1. The Morgan fingerprint density at radius 3 is 2.52 bits per heavy atom. The molecule has 3 atom stereocenters. The Kier molecular flexibility index (Phi) is 5.12. The van der Waals surface area contributed by atoms with Gasteiger partial charge in [-0.2, -0.15) is 0 Å². The van der Waals surface area contributed by atoms with Crippen molar-refractivity contribution in [2.75, 3.05) is 0 Å². The van der Waals surface area contributed by atoms with Crippen LogP contribution in [0.25, 0.3) is 0 Å². The first-order chi connectivity index (χ1) is 11.8. The molecule has 1 aliphatic heterocycles. The van der Waals surface area contributed by atoms with Gasteiger partial charge in [0.1, 0.15) is 11.5 Å². The van der Waals surface area contributed by atoms with Crippen LogP contribution < -0.4 is 16.1 Å². The zero-order valence-electron chi connectivity index (χ0n) is 13.9. The van der Waals surface area contributed by atoms with Crippen molar-refractivity contribution >= 4 is 18.9 Å². The van der Waals surface area contributed by atoms with Gasteiger partial charge in [-0.15, -0.1) is 0 Å². The molecule has 134 valence electrons. The molecule has 1 aromatic carbocycles. The number of hydrogen-bond acceptors (Lipinski definition) is 6. The first kappa shape index (κ1) is 17.9. The molecular formula is C17H23BN2O5. The Hall–Kier alpha value is -1.90. The summed E-state index contributed by atoms with van der Waals surface area (Å²) >= 11 is 0. The molecule has 0 unspecified atom stereocenters. The fraction of sp³-hybridized carbons (Fsp3) is 0.529. The maximum absolute atomic E-state index is 12.4. The Labute approximate surface area is 146 Å². The smallest absolute Gasteiger partial charge is 0.526 e. The number of ketones is 1. The highest BCUT2D eigenvalue weighted by Crippen LogP contribution is 2.37. The minimum atomic E-state index is -1.19. The summed E-state index contributed by atoms with van der Waals surface area (Å²) in [6.45, 7) is 0. The van der Waals surface area contributed by atoms with Gasteiger partial charge in [0.05, 0.1) is 5.56 Å². The molecule has 0 amide bonds. The van der Waals surface area contributed by atoms with E-state index in [2.05, 4.69) is 0 Å². The molecule has 8 heteroatoms. The summed E-state index contributed by atoms with van der Waals surface area (Å²) in [4.78, 5) is 23.6. The van der Waals surface area contributed by atoms with Crippen LogP contribution in [0.1, 0.15) is 41.6 Å². The Morgan fingerprint density at radius 2 is 1.88 bits per heavy atom. The minimum absolute atomic E-state index is 0.0234. The van der Waals surface area contributed by atoms with Crippen LogP contribution in [0.2, 0.25) is 5.82 Å². The molecule has 0 spiro atoms. The van der Waals surface area contributed by atoms with Crippen LogP contribution in [0.15, 0.2) is 18.2 Å². The van der Waals surface area contributed by atoms with Gasteiger partial charge in [-0.3, -0.25) is 4.79 Å². The zero-order valence-corrected chi connectivity index (χ0v) is 13.9. The number of para-hydroxylation sites is 1. The van der Waals surface area contributed by atoms with E-state index >= 15 is 0 Å². The van der Waals surface area contributed by atoms with Gasteiger partial charge in [-0.1, -0.05) is 12.1 Å². The fourth-order valence-electron chi connectivity index (χ4n) is 3.91. The van der Waals surface area contributed by atoms with Gasteiger partial charge in [0.15, 0.2) is 0 Å². The fourth-order valence-corrected chi connectivity index (χ4v) is 3.91. The molecular weight excluding hydrogens is 323 g/mol. The lowest BCUT2D eigenvalue weighted by molar-refractivity contribution is -0.120. The molecule has 0 bridgehead atoms. The molecule has 1 heterocycles.